The first-order valence-electron chi connectivity index (χ1n) is 9.01. The van der Waals surface area contributed by atoms with Gasteiger partial charge < -0.3 is 15.0 Å². The highest BCUT2D eigenvalue weighted by Crippen LogP contribution is 2.30. The van der Waals surface area contributed by atoms with E-state index < -0.39 is 29.4 Å². The van der Waals surface area contributed by atoms with Crippen LogP contribution in [0.1, 0.15) is 46.1 Å². The number of aromatic nitrogens is 1. The van der Waals surface area contributed by atoms with Gasteiger partial charge in [-0.25, -0.2) is 0 Å². The molecule has 0 spiro atoms. The van der Waals surface area contributed by atoms with Crippen molar-refractivity contribution in [1.82, 2.24) is 10.3 Å². The first-order valence-corrected chi connectivity index (χ1v) is 9.01. The Balaban J connectivity index is 1.87. The Morgan fingerprint density at radius 1 is 1.21 bits per heavy atom. The van der Waals surface area contributed by atoms with Gasteiger partial charge in [0.1, 0.15) is 11.3 Å². The molecule has 2 heterocycles. The Hall–Kier alpha value is -2.61. The molecule has 1 aliphatic rings. The summed E-state index contributed by atoms with van der Waals surface area (Å²) in [6.45, 7) is 3.06. The minimum absolute atomic E-state index is 0.00827. The number of hydrogen-bond acceptors (Lipinski definition) is 3. The number of carbonyl (C=O) groups excluding carboxylic acids is 1. The zero-order valence-electron chi connectivity index (χ0n) is 15.3. The van der Waals surface area contributed by atoms with Crippen LogP contribution in [0.15, 0.2) is 41.2 Å². The first-order chi connectivity index (χ1) is 13.3. The molecule has 28 heavy (non-hydrogen) atoms. The van der Waals surface area contributed by atoms with Crippen LogP contribution in [0.2, 0.25) is 0 Å². The van der Waals surface area contributed by atoms with Crippen LogP contribution in [0.4, 0.5) is 13.2 Å². The number of amides is 1. The van der Waals surface area contributed by atoms with Crippen molar-refractivity contribution in [2.75, 3.05) is 13.2 Å². The van der Waals surface area contributed by atoms with Crippen LogP contribution >= 0.6 is 0 Å². The van der Waals surface area contributed by atoms with Crippen molar-refractivity contribution in [3.05, 3.63) is 69.1 Å². The lowest BCUT2D eigenvalue weighted by Crippen LogP contribution is -2.39. The van der Waals surface area contributed by atoms with E-state index in [9.17, 15) is 22.8 Å². The van der Waals surface area contributed by atoms with Gasteiger partial charge in [0.25, 0.3) is 11.5 Å². The van der Waals surface area contributed by atoms with Crippen molar-refractivity contribution in [3.63, 3.8) is 0 Å². The molecule has 5 nitrogen and oxygen atoms in total. The minimum atomic E-state index is -4.68. The van der Waals surface area contributed by atoms with Crippen molar-refractivity contribution in [2.24, 2.45) is 5.92 Å². The van der Waals surface area contributed by atoms with Crippen molar-refractivity contribution in [2.45, 2.75) is 32.0 Å². The molecular formula is C20H21F3N2O3. The number of aryl methyl sites for hydroxylation is 1. The van der Waals surface area contributed by atoms with E-state index in [1.54, 1.807) is 4.98 Å². The number of halogens is 3. The van der Waals surface area contributed by atoms with E-state index in [1.165, 1.54) is 0 Å². The molecule has 0 radical (unpaired) electrons. The lowest BCUT2D eigenvalue weighted by atomic mass is 9.88. The smallest absolute Gasteiger partial charge is 0.381 e. The standard InChI is InChI=1S/C20H21F3N2O3/c1-12-4-6-13(7-5-12)17(14-3-2-10-28-11-14)25-19(27)15-8-9-16(20(21,22)23)24-18(15)26/h4-9,14,17H,2-3,10-11H2,1H3,(H,24,26)(H,25,27)/t14-,17?/m0/s1. The summed E-state index contributed by atoms with van der Waals surface area (Å²) < 4.78 is 43.7. The Bertz CT molecular complexity index is 885. The molecule has 1 unspecified atom stereocenters. The average Bonchev–Trinajstić information content (AvgIpc) is 2.66. The predicted octanol–water partition coefficient (Wildman–Crippen LogP) is 3.60. The number of ether oxygens (including phenoxy) is 1. The minimum Gasteiger partial charge on any atom is -0.381 e. The molecule has 0 saturated carbocycles. The summed E-state index contributed by atoms with van der Waals surface area (Å²) in [7, 11) is 0. The maximum absolute atomic E-state index is 12.7. The third-order valence-corrected chi connectivity index (χ3v) is 4.85. The SMILES string of the molecule is Cc1ccc(C(NC(=O)c2ccc(C(F)(F)F)[nH]c2=O)[C@H]2CCCOC2)cc1. The first kappa shape index (κ1) is 20.1. The van der Waals surface area contributed by atoms with Crippen LogP contribution in [0.3, 0.4) is 0 Å². The molecule has 2 N–H and O–H groups in total. The van der Waals surface area contributed by atoms with Crippen LogP contribution < -0.4 is 10.9 Å². The third-order valence-electron chi connectivity index (χ3n) is 4.85. The van der Waals surface area contributed by atoms with Crippen LogP contribution in [0, 0.1) is 12.8 Å². The number of benzene rings is 1. The van der Waals surface area contributed by atoms with Crippen molar-refractivity contribution in [3.8, 4) is 0 Å². The maximum atomic E-state index is 12.7. The summed E-state index contributed by atoms with van der Waals surface area (Å²) in [6.07, 6.45) is -3.00. The number of hydrogen-bond donors (Lipinski definition) is 2. The Labute approximate surface area is 159 Å². The van der Waals surface area contributed by atoms with E-state index in [0.717, 1.165) is 30.0 Å². The molecule has 1 amide bonds. The second kappa shape index (κ2) is 8.18. The highest BCUT2D eigenvalue weighted by Gasteiger charge is 2.33. The number of alkyl halides is 3. The molecular weight excluding hydrogens is 373 g/mol. The fourth-order valence-corrected chi connectivity index (χ4v) is 3.31. The van der Waals surface area contributed by atoms with Crippen molar-refractivity contribution < 1.29 is 22.7 Å². The fraction of sp³-hybridized carbons (Fsp3) is 0.400. The van der Waals surface area contributed by atoms with E-state index in [-0.39, 0.29) is 11.5 Å². The van der Waals surface area contributed by atoms with Crippen LogP contribution in [0.25, 0.3) is 0 Å². The molecule has 1 aliphatic heterocycles. The summed E-state index contributed by atoms with van der Waals surface area (Å²) in [5.41, 5.74) is -0.702. The summed E-state index contributed by atoms with van der Waals surface area (Å²) in [4.78, 5) is 26.4. The molecule has 150 valence electrons. The zero-order valence-corrected chi connectivity index (χ0v) is 15.3. The third kappa shape index (κ3) is 4.62. The van der Waals surface area contributed by atoms with Crippen LogP contribution in [-0.2, 0) is 10.9 Å². The van der Waals surface area contributed by atoms with Gasteiger partial charge in [-0.1, -0.05) is 29.8 Å². The zero-order chi connectivity index (χ0) is 20.3. The predicted molar refractivity (Wildman–Crippen MR) is 97.0 cm³/mol. The van der Waals surface area contributed by atoms with Gasteiger partial charge in [-0.3, -0.25) is 9.59 Å². The van der Waals surface area contributed by atoms with Gasteiger partial charge in [-0.05, 0) is 37.5 Å². The molecule has 0 bridgehead atoms. The summed E-state index contributed by atoms with van der Waals surface area (Å²) in [6, 6.07) is 8.82. The highest BCUT2D eigenvalue weighted by atomic mass is 19.4. The molecule has 1 saturated heterocycles. The Morgan fingerprint density at radius 3 is 2.50 bits per heavy atom. The molecule has 0 aliphatic carbocycles. The molecule has 1 fully saturated rings. The average molecular weight is 394 g/mol. The molecule has 8 heteroatoms. The number of pyridine rings is 1. The maximum Gasteiger partial charge on any atom is 0.431 e. The van der Waals surface area contributed by atoms with Crippen molar-refractivity contribution >= 4 is 5.91 Å². The van der Waals surface area contributed by atoms with E-state index >= 15 is 0 Å². The highest BCUT2D eigenvalue weighted by molar-refractivity contribution is 5.94. The molecule has 1 aromatic carbocycles. The van der Waals surface area contributed by atoms with Gasteiger partial charge in [0, 0.05) is 12.5 Å². The number of nitrogens with one attached hydrogen (secondary N) is 2. The monoisotopic (exact) mass is 394 g/mol. The van der Waals surface area contributed by atoms with Gasteiger partial charge in [-0.15, -0.1) is 0 Å². The number of rotatable bonds is 4. The Kier molecular flexibility index (Phi) is 5.88. The number of carbonyl (C=O) groups is 1. The lowest BCUT2D eigenvalue weighted by Gasteiger charge is -2.31. The summed E-state index contributed by atoms with van der Waals surface area (Å²) in [5, 5.41) is 2.82. The second-order valence-corrected chi connectivity index (χ2v) is 6.95. The van der Waals surface area contributed by atoms with Gasteiger partial charge in [0.15, 0.2) is 0 Å². The molecule has 2 aromatic rings. The van der Waals surface area contributed by atoms with Crippen molar-refractivity contribution in [1.29, 1.82) is 0 Å². The van der Waals surface area contributed by atoms with E-state index in [2.05, 4.69) is 5.32 Å². The van der Waals surface area contributed by atoms with E-state index in [0.29, 0.717) is 19.3 Å². The number of H-pyrrole nitrogens is 1. The molecule has 1 aromatic heterocycles. The summed E-state index contributed by atoms with van der Waals surface area (Å²) >= 11 is 0. The summed E-state index contributed by atoms with van der Waals surface area (Å²) in [5.74, 6) is -0.708. The number of aromatic amines is 1. The fourth-order valence-electron chi connectivity index (χ4n) is 3.31. The van der Waals surface area contributed by atoms with E-state index in [1.807, 2.05) is 31.2 Å². The topological polar surface area (TPSA) is 71.2 Å². The van der Waals surface area contributed by atoms with E-state index in [4.69, 9.17) is 4.74 Å². The molecule has 3 rings (SSSR count). The largest absolute Gasteiger partial charge is 0.431 e. The Morgan fingerprint density at radius 2 is 1.93 bits per heavy atom. The second-order valence-electron chi connectivity index (χ2n) is 6.95. The van der Waals surface area contributed by atoms with Crippen LogP contribution in [0.5, 0.6) is 0 Å². The van der Waals surface area contributed by atoms with Gasteiger partial charge in [0.2, 0.25) is 0 Å². The van der Waals surface area contributed by atoms with Gasteiger partial charge in [-0.2, -0.15) is 13.2 Å². The van der Waals surface area contributed by atoms with Gasteiger partial charge >= 0.3 is 6.18 Å². The van der Waals surface area contributed by atoms with Gasteiger partial charge in [0.05, 0.1) is 12.6 Å². The normalized spacial score (nSPS) is 18.5. The van der Waals surface area contributed by atoms with Crippen LogP contribution in [-0.4, -0.2) is 24.1 Å². The molecule has 2 atom stereocenters. The lowest BCUT2D eigenvalue weighted by molar-refractivity contribution is -0.141. The quantitative estimate of drug-likeness (QED) is 0.833.